The molecule has 8 heteroatoms. The molecule has 4 N–H and O–H groups in total. The SMILES string of the molecule is C[C@H](Nc1ccc(C(=O)N2CCOCC2)cc1)C(=O)C(CCCc1ccccc1)[C@H](N)C(=O)Nc1ccccc1. The number of nitrogens with two attached hydrogens (primary N) is 1. The Morgan fingerprint density at radius 1 is 0.875 bits per heavy atom. The van der Waals surface area contributed by atoms with Gasteiger partial charge in [-0.15, -0.1) is 0 Å². The second-order valence-corrected chi connectivity index (χ2v) is 10.1. The monoisotopic (exact) mass is 542 g/mol. The van der Waals surface area contributed by atoms with E-state index in [2.05, 4.69) is 22.8 Å². The Labute approximate surface area is 235 Å². The first-order valence-electron chi connectivity index (χ1n) is 13.8. The molecule has 2 amide bonds. The van der Waals surface area contributed by atoms with Crippen LogP contribution in [0.3, 0.4) is 0 Å². The van der Waals surface area contributed by atoms with Crippen LogP contribution in [0.15, 0.2) is 84.9 Å². The van der Waals surface area contributed by atoms with Gasteiger partial charge < -0.3 is 26.0 Å². The van der Waals surface area contributed by atoms with E-state index >= 15 is 0 Å². The third-order valence-electron chi connectivity index (χ3n) is 7.21. The normalized spacial score (nSPS) is 15.5. The van der Waals surface area contributed by atoms with Crippen LogP contribution in [0.25, 0.3) is 0 Å². The van der Waals surface area contributed by atoms with Crippen LogP contribution in [-0.2, 0) is 20.7 Å². The Kier molecular flexibility index (Phi) is 10.4. The van der Waals surface area contributed by atoms with Crippen LogP contribution in [0.5, 0.6) is 0 Å². The Morgan fingerprint density at radius 2 is 1.50 bits per heavy atom. The van der Waals surface area contributed by atoms with E-state index in [1.807, 2.05) is 36.4 Å². The maximum Gasteiger partial charge on any atom is 0.254 e. The van der Waals surface area contributed by atoms with Crippen molar-refractivity contribution in [1.82, 2.24) is 4.90 Å². The van der Waals surface area contributed by atoms with Crippen molar-refractivity contribution in [1.29, 1.82) is 0 Å². The van der Waals surface area contributed by atoms with Crippen LogP contribution >= 0.6 is 0 Å². The number of benzene rings is 3. The number of morpholine rings is 1. The average Bonchev–Trinajstić information content (AvgIpc) is 3.00. The van der Waals surface area contributed by atoms with Crippen LogP contribution in [-0.4, -0.2) is 60.9 Å². The van der Waals surface area contributed by atoms with Crippen molar-refractivity contribution in [3.63, 3.8) is 0 Å². The molecule has 1 fully saturated rings. The topological polar surface area (TPSA) is 114 Å². The van der Waals surface area contributed by atoms with Crippen molar-refractivity contribution in [3.8, 4) is 0 Å². The largest absolute Gasteiger partial charge is 0.378 e. The summed E-state index contributed by atoms with van der Waals surface area (Å²) >= 11 is 0. The Morgan fingerprint density at radius 3 is 2.15 bits per heavy atom. The van der Waals surface area contributed by atoms with Crippen molar-refractivity contribution in [3.05, 3.63) is 96.1 Å². The number of nitrogens with zero attached hydrogens (tertiary/aromatic N) is 1. The summed E-state index contributed by atoms with van der Waals surface area (Å²) in [7, 11) is 0. The number of hydrogen-bond acceptors (Lipinski definition) is 6. The van der Waals surface area contributed by atoms with Crippen molar-refractivity contribution >= 4 is 29.0 Å². The van der Waals surface area contributed by atoms with E-state index in [1.165, 1.54) is 5.56 Å². The van der Waals surface area contributed by atoms with Gasteiger partial charge in [-0.3, -0.25) is 14.4 Å². The van der Waals surface area contributed by atoms with E-state index in [1.54, 1.807) is 48.2 Å². The summed E-state index contributed by atoms with van der Waals surface area (Å²) in [5.74, 6) is -1.22. The molecule has 3 aromatic carbocycles. The summed E-state index contributed by atoms with van der Waals surface area (Å²) in [4.78, 5) is 41.3. The number of aryl methyl sites for hydroxylation is 1. The van der Waals surface area contributed by atoms with E-state index in [0.717, 1.165) is 12.8 Å². The van der Waals surface area contributed by atoms with Gasteiger partial charge in [-0.1, -0.05) is 48.5 Å². The highest BCUT2D eigenvalue weighted by molar-refractivity contribution is 6.00. The lowest BCUT2D eigenvalue weighted by atomic mass is 9.86. The second kappa shape index (κ2) is 14.4. The highest BCUT2D eigenvalue weighted by atomic mass is 16.5. The standard InChI is InChI=1S/C32H38N4O4/c1-23(34-27-17-15-25(16-18-27)32(39)36-19-21-40-22-20-36)30(37)28(14-8-11-24-9-4-2-5-10-24)29(33)31(38)35-26-12-6-3-7-13-26/h2-7,9-10,12-13,15-18,23,28-29,34H,8,11,14,19-22,33H2,1H3,(H,35,38)/t23-,28?,29-/m0/s1. The van der Waals surface area contributed by atoms with Gasteiger partial charge in [-0.25, -0.2) is 0 Å². The summed E-state index contributed by atoms with van der Waals surface area (Å²) in [6.45, 7) is 4.02. The number of anilines is 2. The van der Waals surface area contributed by atoms with Gasteiger partial charge in [0.1, 0.15) is 0 Å². The first-order valence-corrected chi connectivity index (χ1v) is 13.8. The van der Waals surface area contributed by atoms with E-state index in [-0.39, 0.29) is 17.6 Å². The number of ether oxygens (including phenoxy) is 1. The lowest BCUT2D eigenvalue weighted by molar-refractivity contribution is -0.128. The zero-order valence-corrected chi connectivity index (χ0v) is 22.9. The molecule has 4 rings (SSSR count). The fourth-order valence-corrected chi connectivity index (χ4v) is 4.90. The molecule has 3 atom stereocenters. The van der Waals surface area contributed by atoms with Crippen LogP contribution < -0.4 is 16.4 Å². The first kappa shape index (κ1) is 29.0. The van der Waals surface area contributed by atoms with Crippen molar-refractivity contribution in [2.24, 2.45) is 11.7 Å². The first-order chi connectivity index (χ1) is 19.4. The highest BCUT2D eigenvalue weighted by Gasteiger charge is 2.33. The minimum Gasteiger partial charge on any atom is -0.378 e. The zero-order valence-electron chi connectivity index (χ0n) is 22.9. The molecule has 0 aromatic heterocycles. The minimum absolute atomic E-state index is 0.0344. The number of rotatable bonds is 12. The fourth-order valence-electron chi connectivity index (χ4n) is 4.90. The van der Waals surface area contributed by atoms with Gasteiger partial charge in [0.15, 0.2) is 5.78 Å². The Bertz CT molecular complexity index is 1240. The van der Waals surface area contributed by atoms with Gasteiger partial charge in [0.05, 0.1) is 25.3 Å². The molecule has 1 aliphatic rings. The number of para-hydroxylation sites is 1. The molecule has 0 saturated carbocycles. The molecule has 1 unspecified atom stereocenters. The van der Waals surface area contributed by atoms with Gasteiger partial charge in [-0.2, -0.15) is 0 Å². The Balaban J connectivity index is 1.41. The molecule has 0 radical (unpaired) electrons. The number of nitrogens with one attached hydrogen (secondary N) is 2. The summed E-state index contributed by atoms with van der Waals surface area (Å²) < 4.78 is 5.33. The quantitative estimate of drug-likeness (QED) is 0.317. The molecule has 0 spiro atoms. The number of carbonyl (C=O) groups is 3. The van der Waals surface area contributed by atoms with Crippen molar-refractivity contribution < 1.29 is 19.1 Å². The molecule has 210 valence electrons. The molecule has 1 heterocycles. The predicted octanol–water partition coefficient (Wildman–Crippen LogP) is 4.13. The maximum atomic E-state index is 13.7. The van der Waals surface area contributed by atoms with Crippen LogP contribution in [0, 0.1) is 5.92 Å². The molecular formula is C32H38N4O4. The molecular weight excluding hydrogens is 504 g/mol. The summed E-state index contributed by atoms with van der Waals surface area (Å²) in [5, 5.41) is 6.07. The smallest absolute Gasteiger partial charge is 0.254 e. The predicted molar refractivity (Wildman–Crippen MR) is 157 cm³/mol. The van der Waals surface area contributed by atoms with E-state index in [9.17, 15) is 14.4 Å². The van der Waals surface area contributed by atoms with Gasteiger partial charge in [0, 0.05) is 35.9 Å². The molecule has 3 aromatic rings. The van der Waals surface area contributed by atoms with E-state index in [4.69, 9.17) is 10.5 Å². The molecule has 0 bridgehead atoms. The summed E-state index contributed by atoms with van der Waals surface area (Å²) in [6, 6.07) is 24.7. The van der Waals surface area contributed by atoms with Crippen molar-refractivity contribution in [2.45, 2.75) is 38.3 Å². The number of ketones is 1. The van der Waals surface area contributed by atoms with Gasteiger partial charge >= 0.3 is 0 Å². The van der Waals surface area contributed by atoms with Gasteiger partial charge in [-0.05, 0) is 68.1 Å². The minimum atomic E-state index is -0.999. The van der Waals surface area contributed by atoms with Crippen LogP contribution in [0.4, 0.5) is 11.4 Å². The maximum absolute atomic E-state index is 13.7. The van der Waals surface area contributed by atoms with E-state index < -0.39 is 18.0 Å². The zero-order chi connectivity index (χ0) is 28.3. The molecule has 40 heavy (non-hydrogen) atoms. The molecule has 1 saturated heterocycles. The molecule has 8 nitrogen and oxygen atoms in total. The summed E-state index contributed by atoms with van der Waals surface area (Å²) in [5.41, 5.74) is 9.54. The van der Waals surface area contributed by atoms with Crippen LogP contribution in [0.2, 0.25) is 0 Å². The lowest BCUT2D eigenvalue weighted by Crippen LogP contribution is -2.48. The third-order valence-corrected chi connectivity index (χ3v) is 7.21. The fraction of sp³-hybridized carbons (Fsp3) is 0.344. The molecule has 1 aliphatic heterocycles. The lowest BCUT2D eigenvalue weighted by Gasteiger charge is -2.27. The van der Waals surface area contributed by atoms with Crippen molar-refractivity contribution in [2.75, 3.05) is 36.9 Å². The number of hydrogen-bond donors (Lipinski definition) is 3. The number of amides is 2. The Hall–Kier alpha value is -4.01. The van der Waals surface area contributed by atoms with Gasteiger partial charge in [0.25, 0.3) is 5.91 Å². The average molecular weight is 543 g/mol. The van der Waals surface area contributed by atoms with Gasteiger partial charge in [0.2, 0.25) is 5.91 Å². The van der Waals surface area contributed by atoms with E-state index in [0.29, 0.717) is 49.7 Å². The number of carbonyl (C=O) groups excluding carboxylic acids is 3. The second-order valence-electron chi connectivity index (χ2n) is 10.1. The summed E-state index contributed by atoms with van der Waals surface area (Å²) in [6.07, 6.45) is 1.99. The molecule has 0 aliphatic carbocycles. The third kappa shape index (κ3) is 8.00. The highest BCUT2D eigenvalue weighted by Crippen LogP contribution is 2.21. The number of Topliss-reactive ketones (excluding diaryl/α,β-unsaturated/α-hetero) is 1. The van der Waals surface area contributed by atoms with Crippen LogP contribution in [0.1, 0.15) is 35.7 Å².